The number of pyridine rings is 1. The number of hydrogen-bond donors (Lipinski definition) is 3. The summed E-state index contributed by atoms with van der Waals surface area (Å²) >= 11 is 0. The molecule has 2 aromatic heterocycles. The third kappa shape index (κ3) is 5.12. The van der Waals surface area contributed by atoms with Crippen LogP contribution in [0.3, 0.4) is 0 Å². The summed E-state index contributed by atoms with van der Waals surface area (Å²) in [7, 11) is 1.71. The topological polar surface area (TPSA) is 101 Å². The van der Waals surface area contributed by atoms with Crippen molar-refractivity contribution < 1.29 is 9.53 Å². The van der Waals surface area contributed by atoms with Crippen molar-refractivity contribution >= 4 is 17.6 Å². The van der Waals surface area contributed by atoms with Gasteiger partial charge in [0.1, 0.15) is 5.60 Å². The highest BCUT2D eigenvalue weighted by Gasteiger charge is 2.29. The monoisotopic (exact) mass is 373 g/mol. The molecule has 1 saturated carbocycles. The molecule has 1 fully saturated rings. The zero-order chi connectivity index (χ0) is 19.6. The number of nitrogens with zero attached hydrogens (tertiary/aromatic N) is 2. The summed E-state index contributed by atoms with van der Waals surface area (Å²) in [6.07, 6.45) is 4.09. The SMILES string of the molecule is Cn1cc(Nc2cc([C@H]3CC[C@@H](NC(=O)OC(C)(C)C)C3)[nH]n2)ccc1=O. The molecule has 8 nitrogen and oxygen atoms in total. The number of amides is 1. The van der Waals surface area contributed by atoms with Crippen molar-refractivity contribution in [3.8, 4) is 0 Å². The van der Waals surface area contributed by atoms with Crippen LogP contribution in [-0.4, -0.2) is 32.5 Å². The summed E-state index contributed by atoms with van der Waals surface area (Å²) in [5, 5.41) is 13.5. The first kappa shape index (κ1) is 19.0. The lowest BCUT2D eigenvalue weighted by Crippen LogP contribution is -2.37. The average molecular weight is 373 g/mol. The summed E-state index contributed by atoms with van der Waals surface area (Å²) in [5.74, 6) is 1.01. The number of carbonyl (C=O) groups is 1. The summed E-state index contributed by atoms with van der Waals surface area (Å²) < 4.78 is 6.84. The standard InChI is InChI=1S/C19H27N5O3/c1-19(2,3)27-18(26)21-13-6-5-12(9-13)15-10-16(23-22-15)20-14-7-8-17(25)24(4)11-14/h7-8,10-13H,5-6,9H2,1-4H3,(H,21,26)(H2,20,22,23)/t12-,13+/m0/s1. The van der Waals surface area contributed by atoms with Gasteiger partial charge in [-0.25, -0.2) is 4.79 Å². The largest absolute Gasteiger partial charge is 0.444 e. The second kappa shape index (κ2) is 7.46. The molecule has 0 unspecified atom stereocenters. The number of H-pyrrole nitrogens is 1. The number of aromatic nitrogens is 3. The molecule has 146 valence electrons. The van der Waals surface area contributed by atoms with Crippen molar-refractivity contribution in [2.75, 3.05) is 5.32 Å². The Morgan fingerprint density at radius 3 is 2.81 bits per heavy atom. The maximum absolute atomic E-state index is 11.9. The van der Waals surface area contributed by atoms with Gasteiger partial charge in [-0.2, -0.15) is 5.10 Å². The van der Waals surface area contributed by atoms with Crippen LogP contribution in [0.4, 0.5) is 16.3 Å². The maximum atomic E-state index is 11.9. The fourth-order valence-corrected chi connectivity index (χ4v) is 3.29. The zero-order valence-electron chi connectivity index (χ0n) is 16.2. The van der Waals surface area contributed by atoms with E-state index in [1.807, 2.05) is 26.8 Å². The molecule has 1 aliphatic carbocycles. The van der Waals surface area contributed by atoms with Gasteiger partial charge < -0.3 is 19.9 Å². The smallest absolute Gasteiger partial charge is 0.407 e. The predicted molar refractivity (Wildman–Crippen MR) is 103 cm³/mol. The van der Waals surface area contributed by atoms with E-state index in [0.29, 0.717) is 11.7 Å². The number of anilines is 2. The summed E-state index contributed by atoms with van der Waals surface area (Å²) in [6, 6.07) is 5.33. The van der Waals surface area contributed by atoms with Crippen molar-refractivity contribution in [3.63, 3.8) is 0 Å². The van der Waals surface area contributed by atoms with E-state index in [-0.39, 0.29) is 17.7 Å². The van der Waals surface area contributed by atoms with Gasteiger partial charge >= 0.3 is 6.09 Å². The van der Waals surface area contributed by atoms with E-state index < -0.39 is 5.60 Å². The molecule has 1 aliphatic rings. The van der Waals surface area contributed by atoms with Crippen molar-refractivity contribution in [2.24, 2.45) is 7.05 Å². The fourth-order valence-electron chi connectivity index (χ4n) is 3.29. The second-order valence-electron chi connectivity index (χ2n) is 8.05. The molecule has 0 bridgehead atoms. The van der Waals surface area contributed by atoms with Gasteiger partial charge in [0.25, 0.3) is 0 Å². The first-order valence-electron chi connectivity index (χ1n) is 9.18. The molecule has 8 heteroatoms. The number of carbonyl (C=O) groups excluding carboxylic acids is 1. The first-order chi connectivity index (χ1) is 12.7. The van der Waals surface area contributed by atoms with Crippen molar-refractivity contribution in [3.05, 3.63) is 40.4 Å². The number of ether oxygens (including phenoxy) is 1. The Kier molecular flexibility index (Phi) is 5.25. The second-order valence-corrected chi connectivity index (χ2v) is 8.05. The van der Waals surface area contributed by atoms with Gasteiger partial charge in [0.05, 0.1) is 5.69 Å². The summed E-state index contributed by atoms with van der Waals surface area (Å²) in [4.78, 5) is 23.4. The third-order valence-electron chi connectivity index (χ3n) is 4.55. The molecular weight excluding hydrogens is 346 g/mol. The van der Waals surface area contributed by atoms with Gasteiger partial charge in [0, 0.05) is 43.0 Å². The highest BCUT2D eigenvalue weighted by Crippen LogP contribution is 2.34. The van der Waals surface area contributed by atoms with Gasteiger partial charge in [0.15, 0.2) is 5.82 Å². The Morgan fingerprint density at radius 2 is 2.11 bits per heavy atom. The van der Waals surface area contributed by atoms with E-state index >= 15 is 0 Å². The molecule has 2 atom stereocenters. The molecule has 1 amide bonds. The lowest BCUT2D eigenvalue weighted by Gasteiger charge is -2.21. The lowest BCUT2D eigenvalue weighted by atomic mass is 10.0. The Hall–Kier alpha value is -2.77. The van der Waals surface area contributed by atoms with Crippen LogP contribution in [0, 0.1) is 0 Å². The highest BCUT2D eigenvalue weighted by molar-refractivity contribution is 5.68. The van der Waals surface area contributed by atoms with E-state index in [1.165, 1.54) is 10.6 Å². The molecule has 0 spiro atoms. The Labute approximate surface area is 158 Å². The molecule has 2 aromatic rings. The molecule has 0 radical (unpaired) electrons. The van der Waals surface area contributed by atoms with E-state index in [4.69, 9.17) is 4.74 Å². The normalized spacial score (nSPS) is 19.7. The number of nitrogens with one attached hydrogen (secondary N) is 3. The molecule has 2 heterocycles. The van der Waals surface area contributed by atoms with E-state index in [1.54, 1.807) is 19.3 Å². The Morgan fingerprint density at radius 1 is 1.33 bits per heavy atom. The van der Waals surface area contributed by atoms with E-state index in [9.17, 15) is 9.59 Å². The average Bonchev–Trinajstić information content (AvgIpc) is 3.18. The number of alkyl carbamates (subject to hydrolysis) is 1. The van der Waals surface area contributed by atoms with Crippen LogP contribution in [0.1, 0.15) is 51.6 Å². The van der Waals surface area contributed by atoms with Crippen molar-refractivity contribution in [2.45, 2.75) is 57.6 Å². The first-order valence-corrected chi connectivity index (χ1v) is 9.18. The minimum absolute atomic E-state index is 0.0576. The summed E-state index contributed by atoms with van der Waals surface area (Å²) in [5.41, 5.74) is 1.28. The van der Waals surface area contributed by atoms with Crippen LogP contribution in [0.2, 0.25) is 0 Å². The van der Waals surface area contributed by atoms with Gasteiger partial charge in [-0.1, -0.05) is 0 Å². The highest BCUT2D eigenvalue weighted by atomic mass is 16.6. The Bertz CT molecular complexity index is 865. The zero-order valence-corrected chi connectivity index (χ0v) is 16.2. The quantitative estimate of drug-likeness (QED) is 0.765. The fraction of sp³-hybridized carbons (Fsp3) is 0.526. The van der Waals surface area contributed by atoms with Crippen LogP contribution in [0.5, 0.6) is 0 Å². The van der Waals surface area contributed by atoms with Gasteiger partial charge in [-0.15, -0.1) is 0 Å². The number of aromatic amines is 1. The number of hydrogen-bond acceptors (Lipinski definition) is 5. The van der Waals surface area contributed by atoms with Crippen LogP contribution in [-0.2, 0) is 11.8 Å². The molecule has 3 rings (SSSR count). The third-order valence-corrected chi connectivity index (χ3v) is 4.55. The maximum Gasteiger partial charge on any atom is 0.407 e. The van der Waals surface area contributed by atoms with E-state index in [2.05, 4.69) is 20.8 Å². The van der Waals surface area contributed by atoms with Gasteiger partial charge in [-0.3, -0.25) is 9.89 Å². The predicted octanol–water partition coefficient (Wildman–Crippen LogP) is 3.01. The minimum atomic E-state index is -0.493. The summed E-state index contributed by atoms with van der Waals surface area (Å²) in [6.45, 7) is 5.56. The lowest BCUT2D eigenvalue weighted by molar-refractivity contribution is 0.0505. The van der Waals surface area contributed by atoms with Crippen molar-refractivity contribution in [1.82, 2.24) is 20.1 Å². The molecule has 27 heavy (non-hydrogen) atoms. The number of rotatable bonds is 4. The van der Waals surface area contributed by atoms with Crippen LogP contribution in [0.15, 0.2) is 29.2 Å². The number of aryl methyl sites for hydroxylation is 1. The molecule has 0 aromatic carbocycles. The van der Waals surface area contributed by atoms with Crippen LogP contribution < -0.4 is 16.2 Å². The van der Waals surface area contributed by atoms with E-state index in [0.717, 1.165) is 30.6 Å². The van der Waals surface area contributed by atoms with Crippen LogP contribution >= 0.6 is 0 Å². The molecular formula is C19H27N5O3. The van der Waals surface area contributed by atoms with Gasteiger partial charge in [-0.05, 0) is 46.1 Å². The van der Waals surface area contributed by atoms with Crippen molar-refractivity contribution in [1.29, 1.82) is 0 Å². The van der Waals surface area contributed by atoms with Crippen LogP contribution in [0.25, 0.3) is 0 Å². The Balaban J connectivity index is 1.56. The minimum Gasteiger partial charge on any atom is -0.444 e. The molecule has 3 N–H and O–H groups in total. The molecule has 0 saturated heterocycles. The van der Waals surface area contributed by atoms with Gasteiger partial charge in [0.2, 0.25) is 5.56 Å². The molecule has 0 aliphatic heterocycles.